The minimum absolute atomic E-state index is 0.114. The van der Waals surface area contributed by atoms with E-state index in [-0.39, 0.29) is 11.8 Å². The molecule has 0 bridgehead atoms. The molecule has 0 fully saturated rings. The Kier molecular flexibility index (Phi) is 8.54. The molecule has 0 aliphatic carbocycles. The van der Waals surface area contributed by atoms with Crippen LogP contribution in [-0.2, 0) is 16.4 Å². The molecule has 4 nitrogen and oxygen atoms in total. The van der Waals surface area contributed by atoms with Crippen LogP contribution in [0, 0.1) is 0 Å². The number of hydrogen-bond donors (Lipinski definition) is 1. The maximum absolute atomic E-state index is 13.4. The van der Waals surface area contributed by atoms with Gasteiger partial charge in [0.15, 0.2) is 0 Å². The van der Waals surface area contributed by atoms with Gasteiger partial charge in [-0.1, -0.05) is 75.7 Å². The molecule has 0 heterocycles. The summed E-state index contributed by atoms with van der Waals surface area (Å²) >= 11 is 3.54. The average molecular weight is 497 g/mol. The second-order valence-corrected chi connectivity index (χ2v) is 11.2. The molecule has 2 rings (SSSR count). The Bertz CT molecular complexity index is 953. The maximum atomic E-state index is 13.4. The van der Waals surface area contributed by atoms with Crippen LogP contribution in [0.3, 0.4) is 0 Å². The fourth-order valence-electron chi connectivity index (χ4n) is 3.45. The Balaban J connectivity index is 2.36. The first kappa shape index (κ1) is 24.9. The molecule has 1 N–H and O–H groups in total. The van der Waals surface area contributed by atoms with Crippen LogP contribution < -0.4 is 9.46 Å². The average Bonchev–Trinajstić information content (AvgIpc) is 2.67. The lowest BCUT2D eigenvalue weighted by atomic mass is 9.89. The van der Waals surface area contributed by atoms with Crippen molar-refractivity contribution < 1.29 is 13.2 Å². The van der Waals surface area contributed by atoms with Gasteiger partial charge >= 0.3 is 0 Å². The highest BCUT2D eigenvalue weighted by atomic mass is 79.9. The van der Waals surface area contributed by atoms with Crippen LogP contribution in [0.25, 0.3) is 0 Å². The van der Waals surface area contributed by atoms with Gasteiger partial charge in [-0.15, -0.1) is 0 Å². The molecule has 0 atom stereocenters. The summed E-state index contributed by atoms with van der Waals surface area (Å²) in [4.78, 5) is 0.450. The molecular formula is C24H34BrNO3S. The molecule has 0 saturated heterocycles. The van der Waals surface area contributed by atoms with Crippen LogP contribution in [-0.4, -0.2) is 22.1 Å². The van der Waals surface area contributed by atoms with E-state index >= 15 is 0 Å². The van der Waals surface area contributed by atoms with Gasteiger partial charge < -0.3 is 4.74 Å². The summed E-state index contributed by atoms with van der Waals surface area (Å²) in [6.45, 7) is 12.8. The number of halogens is 1. The van der Waals surface area contributed by atoms with Gasteiger partial charge in [0, 0.05) is 11.0 Å². The molecular weight excluding hydrogens is 462 g/mol. The van der Waals surface area contributed by atoms with Crippen LogP contribution in [0.15, 0.2) is 39.7 Å². The normalized spacial score (nSPS) is 12.2. The molecule has 2 aromatic carbocycles. The first-order valence-corrected chi connectivity index (χ1v) is 12.7. The number of hydrogen-bond acceptors (Lipinski definition) is 3. The number of benzene rings is 2. The smallest absolute Gasteiger partial charge is 0.241 e. The molecule has 0 saturated carbocycles. The molecule has 0 radical (unpaired) electrons. The van der Waals surface area contributed by atoms with Crippen molar-refractivity contribution in [2.45, 2.75) is 70.6 Å². The third kappa shape index (κ3) is 5.86. The molecule has 6 heteroatoms. The summed E-state index contributed by atoms with van der Waals surface area (Å²) in [5, 5.41) is 0. The van der Waals surface area contributed by atoms with Crippen LogP contribution in [0.4, 0.5) is 0 Å². The van der Waals surface area contributed by atoms with E-state index in [1.807, 2.05) is 18.2 Å². The summed E-state index contributed by atoms with van der Waals surface area (Å²) in [5.74, 6) is 1.34. The van der Waals surface area contributed by atoms with E-state index in [1.54, 1.807) is 7.11 Å². The third-order valence-electron chi connectivity index (χ3n) is 5.29. The molecule has 0 unspecified atom stereocenters. The zero-order valence-electron chi connectivity index (χ0n) is 19.0. The van der Waals surface area contributed by atoms with E-state index in [0.29, 0.717) is 23.8 Å². The Morgan fingerprint density at radius 2 is 1.50 bits per heavy atom. The Labute approximate surface area is 190 Å². The van der Waals surface area contributed by atoms with Crippen LogP contribution >= 0.6 is 15.9 Å². The van der Waals surface area contributed by atoms with Crippen LogP contribution in [0.1, 0.15) is 81.5 Å². The van der Waals surface area contributed by atoms with Gasteiger partial charge in [0.1, 0.15) is 5.75 Å². The number of sulfonamides is 1. The fourth-order valence-corrected chi connectivity index (χ4v) is 5.73. The van der Waals surface area contributed by atoms with Crippen molar-refractivity contribution in [2.24, 2.45) is 0 Å². The van der Waals surface area contributed by atoms with E-state index < -0.39 is 10.0 Å². The van der Waals surface area contributed by atoms with Gasteiger partial charge in [-0.3, -0.25) is 0 Å². The molecule has 166 valence electrons. The summed E-state index contributed by atoms with van der Waals surface area (Å²) in [5.41, 5.74) is 4.00. The van der Waals surface area contributed by atoms with E-state index in [2.05, 4.69) is 74.3 Å². The molecule has 2 aromatic rings. The highest BCUT2D eigenvalue weighted by Gasteiger charge is 2.26. The standard InChI is InChI=1S/C24H34BrNO3S/c1-15(2)19-12-21(16(3)4)24(22(13-19)17(5)6)30(27,28)26-11-10-18-8-9-20(29-7)14-23(18)25/h8-9,12-17,26H,10-11H2,1-7H3. The highest BCUT2D eigenvalue weighted by molar-refractivity contribution is 9.10. The van der Waals surface area contributed by atoms with Crippen molar-refractivity contribution in [3.63, 3.8) is 0 Å². The lowest BCUT2D eigenvalue weighted by Crippen LogP contribution is -2.28. The van der Waals surface area contributed by atoms with Crippen LogP contribution in [0.5, 0.6) is 5.75 Å². The topological polar surface area (TPSA) is 55.4 Å². The van der Waals surface area contributed by atoms with E-state index in [4.69, 9.17) is 4.74 Å². The van der Waals surface area contributed by atoms with Gasteiger partial charge in [0.05, 0.1) is 12.0 Å². The zero-order chi connectivity index (χ0) is 22.6. The second-order valence-electron chi connectivity index (χ2n) is 8.60. The van der Waals surface area contributed by atoms with E-state index in [9.17, 15) is 8.42 Å². The lowest BCUT2D eigenvalue weighted by Gasteiger charge is -2.23. The Morgan fingerprint density at radius 1 is 0.933 bits per heavy atom. The molecule has 0 amide bonds. The summed E-state index contributed by atoms with van der Waals surface area (Å²) < 4.78 is 35.8. The van der Waals surface area contributed by atoms with E-state index in [1.165, 1.54) is 5.56 Å². The van der Waals surface area contributed by atoms with Crippen molar-refractivity contribution in [3.8, 4) is 5.75 Å². The summed E-state index contributed by atoms with van der Waals surface area (Å²) in [6, 6.07) is 9.86. The number of rotatable bonds is 9. The quantitative estimate of drug-likeness (QED) is 0.440. The first-order chi connectivity index (χ1) is 14.0. The molecule has 0 aromatic heterocycles. The Hall–Kier alpha value is -1.37. The van der Waals surface area contributed by atoms with Gasteiger partial charge in [-0.2, -0.15) is 0 Å². The Morgan fingerprint density at radius 3 is 1.93 bits per heavy atom. The summed E-state index contributed by atoms with van der Waals surface area (Å²) in [6.07, 6.45) is 0.585. The predicted octanol–water partition coefficient (Wildman–Crippen LogP) is 6.35. The number of nitrogens with one attached hydrogen (secondary N) is 1. The van der Waals surface area contributed by atoms with Crippen molar-refractivity contribution in [2.75, 3.05) is 13.7 Å². The van der Waals surface area contributed by atoms with Crippen LogP contribution in [0.2, 0.25) is 0 Å². The van der Waals surface area contributed by atoms with E-state index in [0.717, 1.165) is 26.9 Å². The fraction of sp³-hybridized carbons (Fsp3) is 0.500. The predicted molar refractivity (Wildman–Crippen MR) is 128 cm³/mol. The van der Waals surface area contributed by atoms with Crippen molar-refractivity contribution in [3.05, 3.63) is 57.1 Å². The maximum Gasteiger partial charge on any atom is 0.241 e. The zero-order valence-corrected chi connectivity index (χ0v) is 21.4. The molecule has 0 spiro atoms. The van der Waals surface area contributed by atoms with Crippen molar-refractivity contribution in [1.29, 1.82) is 0 Å². The minimum atomic E-state index is -3.64. The van der Waals surface area contributed by atoms with Gasteiger partial charge in [-0.25, -0.2) is 13.1 Å². The van der Waals surface area contributed by atoms with Gasteiger partial charge in [0.2, 0.25) is 10.0 Å². The second kappa shape index (κ2) is 10.3. The van der Waals surface area contributed by atoms with Crippen molar-refractivity contribution in [1.82, 2.24) is 4.72 Å². The third-order valence-corrected chi connectivity index (χ3v) is 7.63. The molecule has 30 heavy (non-hydrogen) atoms. The molecule has 0 aliphatic heterocycles. The monoisotopic (exact) mass is 495 g/mol. The first-order valence-electron chi connectivity index (χ1n) is 10.5. The molecule has 0 aliphatic rings. The number of ether oxygens (including phenoxy) is 1. The number of methoxy groups -OCH3 is 1. The van der Waals surface area contributed by atoms with Gasteiger partial charge in [0.25, 0.3) is 0 Å². The lowest BCUT2D eigenvalue weighted by molar-refractivity contribution is 0.414. The largest absolute Gasteiger partial charge is 0.497 e. The van der Waals surface area contributed by atoms with Gasteiger partial charge in [-0.05, 0) is 58.6 Å². The van der Waals surface area contributed by atoms with Crippen molar-refractivity contribution >= 4 is 26.0 Å². The SMILES string of the molecule is COc1ccc(CCNS(=O)(=O)c2c(C(C)C)cc(C(C)C)cc2C(C)C)c(Br)c1. The highest BCUT2D eigenvalue weighted by Crippen LogP contribution is 2.35. The summed E-state index contributed by atoms with van der Waals surface area (Å²) in [7, 11) is -2.02. The minimum Gasteiger partial charge on any atom is -0.497 e.